The van der Waals surface area contributed by atoms with E-state index in [-0.39, 0.29) is 18.2 Å². The molecular formula is C21H27FN2O4S. The quantitative estimate of drug-likeness (QED) is 0.669. The molecule has 0 unspecified atom stereocenters. The van der Waals surface area contributed by atoms with Gasteiger partial charge in [0.2, 0.25) is 15.9 Å². The van der Waals surface area contributed by atoms with Gasteiger partial charge in [-0.3, -0.25) is 9.10 Å². The molecule has 2 aromatic rings. The van der Waals surface area contributed by atoms with Crippen LogP contribution in [0, 0.1) is 5.82 Å². The maximum atomic E-state index is 13.3. The Bertz CT molecular complexity index is 915. The van der Waals surface area contributed by atoms with Gasteiger partial charge in [-0.25, -0.2) is 12.8 Å². The highest BCUT2D eigenvalue weighted by molar-refractivity contribution is 7.92. The van der Waals surface area contributed by atoms with Gasteiger partial charge >= 0.3 is 0 Å². The van der Waals surface area contributed by atoms with E-state index in [9.17, 15) is 17.6 Å². The number of carbonyl (C=O) groups is 1. The van der Waals surface area contributed by atoms with Gasteiger partial charge in [-0.2, -0.15) is 0 Å². The lowest BCUT2D eigenvalue weighted by Gasteiger charge is -2.31. The number of methoxy groups -OCH3 is 1. The first-order valence-corrected chi connectivity index (χ1v) is 11.2. The van der Waals surface area contributed by atoms with Gasteiger partial charge in [0, 0.05) is 0 Å². The molecule has 2 rings (SSSR count). The van der Waals surface area contributed by atoms with Gasteiger partial charge in [-0.05, 0) is 54.8 Å². The van der Waals surface area contributed by atoms with Crippen LogP contribution in [-0.4, -0.2) is 33.7 Å². The van der Waals surface area contributed by atoms with Crippen molar-refractivity contribution in [3.05, 3.63) is 59.9 Å². The van der Waals surface area contributed by atoms with Gasteiger partial charge in [0.15, 0.2) is 0 Å². The Morgan fingerprint density at radius 3 is 2.10 bits per heavy atom. The molecule has 0 bridgehead atoms. The number of rotatable bonds is 9. The lowest BCUT2D eigenvalue weighted by atomic mass is 10.0. The van der Waals surface area contributed by atoms with Crippen LogP contribution in [0.4, 0.5) is 10.1 Å². The van der Waals surface area contributed by atoms with E-state index in [1.165, 1.54) is 24.3 Å². The summed E-state index contributed by atoms with van der Waals surface area (Å²) in [7, 11) is -2.19. The van der Waals surface area contributed by atoms with E-state index in [1.807, 2.05) is 31.2 Å². The first kappa shape index (κ1) is 22.7. The zero-order valence-corrected chi connectivity index (χ0v) is 17.9. The second kappa shape index (κ2) is 9.73. The molecule has 0 aliphatic carbocycles. The third kappa shape index (κ3) is 5.69. The average molecular weight is 423 g/mol. The summed E-state index contributed by atoms with van der Waals surface area (Å²) in [5, 5.41) is 2.95. The molecule has 0 aliphatic heterocycles. The third-order valence-electron chi connectivity index (χ3n) is 4.65. The van der Waals surface area contributed by atoms with Gasteiger partial charge < -0.3 is 10.1 Å². The van der Waals surface area contributed by atoms with E-state index >= 15 is 0 Å². The molecule has 2 aromatic carbocycles. The van der Waals surface area contributed by atoms with Gasteiger partial charge in [-0.1, -0.05) is 26.0 Å². The van der Waals surface area contributed by atoms with Crippen molar-refractivity contribution >= 4 is 21.6 Å². The zero-order chi connectivity index (χ0) is 21.6. The minimum Gasteiger partial charge on any atom is -0.497 e. The number of nitrogens with zero attached hydrogens (tertiary/aromatic N) is 1. The Morgan fingerprint density at radius 1 is 1.07 bits per heavy atom. The summed E-state index contributed by atoms with van der Waals surface area (Å²) in [6, 6.07) is 11.2. The summed E-state index contributed by atoms with van der Waals surface area (Å²) >= 11 is 0. The minimum absolute atomic E-state index is 0.244. The molecule has 29 heavy (non-hydrogen) atoms. The monoisotopic (exact) mass is 422 g/mol. The molecule has 0 aromatic heterocycles. The van der Waals surface area contributed by atoms with Crippen molar-refractivity contribution in [2.45, 2.75) is 38.8 Å². The first-order chi connectivity index (χ1) is 13.7. The average Bonchev–Trinajstić information content (AvgIpc) is 2.70. The zero-order valence-electron chi connectivity index (χ0n) is 17.1. The molecule has 158 valence electrons. The number of benzene rings is 2. The molecular weight excluding hydrogens is 395 g/mol. The van der Waals surface area contributed by atoms with Crippen LogP contribution >= 0.6 is 0 Å². The van der Waals surface area contributed by atoms with Crippen molar-refractivity contribution in [1.29, 1.82) is 0 Å². The van der Waals surface area contributed by atoms with Crippen LogP contribution in [0.3, 0.4) is 0 Å². The summed E-state index contributed by atoms with van der Waals surface area (Å²) in [5.41, 5.74) is 1.14. The van der Waals surface area contributed by atoms with Gasteiger partial charge in [0.1, 0.15) is 17.6 Å². The first-order valence-electron chi connectivity index (χ1n) is 9.40. The third-order valence-corrected chi connectivity index (χ3v) is 5.83. The predicted octanol–water partition coefficient (Wildman–Crippen LogP) is 3.65. The molecule has 1 amide bonds. The fraction of sp³-hybridized carbons (Fsp3) is 0.381. The van der Waals surface area contributed by atoms with E-state index in [1.54, 1.807) is 14.0 Å². The van der Waals surface area contributed by atoms with Crippen LogP contribution in [-0.2, 0) is 14.8 Å². The molecule has 0 radical (unpaired) electrons. The topological polar surface area (TPSA) is 75.7 Å². The second-order valence-electron chi connectivity index (χ2n) is 6.70. The van der Waals surface area contributed by atoms with Crippen LogP contribution in [0.15, 0.2) is 48.5 Å². The number of halogens is 1. The molecule has 0 saturated carbocycles. The van der Waals surface area contributed by atoms with Gasteiger partial charge in [0.05, 0.1) is 25.1 Å². The molecule has 1 N–H and O–H groups in total. The number of anilines is 1. The minimum atomic E-state index is -3.77. The van der Waals surface area contributed by atoms with Crippen molar-refractivity contribution in [3.63, 3.8) is 0 Å². The molecule has 0 fully saturated rings. The molecule has 0 spiro atoms. The lowest BCUT2D eigenvalue weighted by Crippen LogP contribution is -2.50. The fourth-order valence-corrected chi connectivity index (χ4v) is 4.39. The number of sulfonamides is 1. The Balaban J connectivity index is 2.30. The fourth-order valence-electron chi connectivity index (χ4n) is 3.17. The summed E-state index contributed by atoms with van der Waals surface area (Å²) in [6.07, 6.45) is 1.92. The van der Waals surface area contributed by atoms with Crippen molar-refractivity contribution in [3.8, 4) is 5.75 Å². The van der Waals surface area contributed by atoms with Crippen LogP contribution in [0.5, 0.6) is 5.75 Å². The van der Waals surface area contributed by atoms with Gasteiger partial charge in [-0.15, -0.1) is 0 Å². The molecule has 8 heteroatoms. The largest absolute Gasteiger partial charge is 0.497 e. The number of hydrogen-bond donors (Lipinski definition) is 1. The highest BCUT2D eigenvalue weighted by Crippen LogP contribution is 2.25. The van der Waals surface area contributed by atoms with Crippen LogP contribution < -0.4 is 14.4 Å². The number of hydrogen-bond acceptors (Lipinski definition) is 4. The molecule has 0 aliphatic rings. The van der Waals surface area contributed by atoms with Crippen LogP contribution in [0.25, 0.3) is 0 Å². The Labute approximate surface area is 171 Å². The number of nitrogens with one attached hydrogen (secondary N) is 1. The maximum Gasteiger partial charge on any atom is 0.244 e. The van der Waals surface area contributed by atoms with E-state index in [0.29, 0.717) is 12.2 Å². The van der Waals surface area contributed by atoms with Crippen molar-refractivity contribution in [2.24, 2.45) is 0 Å². The van der Waals surface area contributed by atoms with E-state index in [4.69, 9.17) is 4.74 Å². The molecule has 6 nitrogen and oxygen atoms in total. The summed E-state index contributed by atoms with van der Waals surface area (Å²) in [5.74, 6) is -0.184. The van der Waals surface area contributed by atoms with Crippen molar-refractivity contribution in [1.82, 2.24) is 5.32 Å². The summed E-state index contributed by atoms with van der Waals surface area (Å²) in [6.45, 7) is 3.67. The number of amides is 1. The van der Waals surface area contributed by atoms with Gasteiger partial charge in [0.25, 0.3) is 0 Å². The lowest BCUT2D eigenvalue weighted by molar-refractivity contribution is -0.123. The highest BCUT2D eigenvalue weighted by atomic mass is 32.2. The Kier molecular flexibility index (Phi) is 7.61. The van der Waals surface area contributed by atoms with E-state index < -0.39 is 27.8 Å². The molecule has 0 heterocycles. The van der Waals surface area contributed by atoms with E-state index in [2.05, 4.69) is 5.32 Å². The van der Waals surface area contributed by atoms with Crippen molar-refractivity contribution < 1.29 is 22.3 Å². The number of carbonyl (C=O) groups excluding carboxylic acids is 1. The summed E-state index contributed by atoms with van der Waals surface area (Å²) < 4.78 is 44.4. The molecule has 0 saturated heterocycles. The second-order valence-corrected chi connectivity index (χ2v) is 8.56. The Morgan fingerprint density at radius 2 is 1.66 bits per heavy atom. The van der Waals surface area contributed by atoms with Crippen LogP contribution in [0.1, 0.15) is 38.3 Å². The van der Waals surface area contributed by atoms with Crippen molar-refractivity contribution in [2.75, 3.05) is 17.7 Å². The number of ether oxygens (including phenoxy) is 1. The highest BCUT2D eigenvalue weighted by Gasteiger charge is 2.32. The SMILES string of the molecule is CC[C@H](NC(=O)[C@H](CC)N(c1ccc(F)cc1)S(C)(=O)=O)c1ccc(OC)cc1. The van der Waals surface area contributed by atoms with E-state index in [0.717, 1.165) is 16.1 Å². The van der Waals surface area contributed by atoms with Crippen LogP contribution in [0.2, 0.25) is 0 Å². The summed E-state index contributed by atoms with van der Waals surface area (Å²) in [4.78, 5) is 13.1. The smallest absolute Gasteiger partial charge is 0.244 e. The predicted molar refractivity (Wildman–Crippen MR) is 112 cm³/mol. The normalized spacial score (nSPS) is 13.4. The Hall–Kier alpha value is -2.61. The standard InChI is InChI=1S/C21H27FN2O4S/c1-5-19(15-7-13-18(28-3)14-8-15)23-21(25)20(6-2)24(29(4,26)27)17-11-9-16(22)10-12-17/h7-14,19-20H,5-6H2,1-4H3,(H,23,25)/t19-,20-/m0/s1. The maximum absolute atomic E-state index is 13.3. The molecule has 2 atom stereocenters.